The van der Waals surface area contributed by atoms with Crippen molar-refractivity contribution in [2.45, 2.75) is 32.2 Å². The van der Waals surface area contributed by atoms with Crippen LogP contribution in [0.3, 0.4) is 0 Å². The molecule has 1 unspecified atom stereocenters. The predicted octanol–water partition coefficient (Wildman–Crippen LogP) is 3.09. The van der Waals surface area contributed by atoms with Crippen LogP contribution in [0, 0.1) is 18.6 Å². The van der Waals surface area contributed by atoms with E-state index in [-0.39, 0.29) is 11.6 Å². The van der Waals surface area contributed by atoms with Gasteiger partial charge in [-0.2, -0.15) is 0 Å². The first kappa shape index (κ1) is 10.6. The van der Waals surface area contributed by atoms with Gasteiger partial charge in [-0.1, -0.05) is 6.42 Å². The number of halogens is 2. The van der Waals surface area contributed by atoms with Crippen molar-refractivity contribution in [1.29, 1.82) is 0 Å². The van der Waals surface area contributed by atoms with Crippen molar-refractivity contribution in [3.8, 4) is 0 Å². The summed E-state index contributed by atoms with van der Waals surface area (Å²) in [6, 6.07) is 3.01. The number of hydrogen-bond acceptors (Lipinski definition) is 1. The zero-order chi connectivity index (χ0) is 10.8. The molecule has 2 rings (SSSR count). The lowest BCUT2D eigenvalue weighted by atomic mass is 9.96. The fraction of sp³-hybridized carbons (Fsp3) is 0.500. The van der Waals surface area contributed by atoms with Crippen LogP contribution in [0.5, 0.6) is 0 Å². The van der Waals surface area contributed by atoms with Gasteiger partial charge in [-0.3, -0.25) is 0 Å². The van der Waals surface area contributed by atoms with Crippen LogP contribution in [0.1, 0.15) is 36.4 Å². The Morgan fingerprint density at radius 2 is 1.87 bits per heavy atom. The maximum absolute atomic E-state index is 13.3. The van der Waals surface area contributed by atoms with E-state index in [1.165, 1.54) is 19.1 Å². The molecule has 82 valence electrons. The molecule has 1 aromatic rings. The van der Waals surface area contributed by atoms with Crippen molar-refractivity contribution in [3.05, 3.63) is 34.9 Å². The summed E-state index contributed by atoms with van der Waals surface area (Å²) < 4.78 is 26.7. The standard InChI is InChI=1S/C12H15F2N/c1-8-10(13)6-9(7-11(8)14)12-4-2-3-5-15-12/h6-7,12,15H,2-5H2,1H3. The lowest BCUT2D eigenvalue weighted by Crippen LogP contribution is -2.27. The topological polar surface area (TPSA) is 12.0 Å². The Labute approximate surface area is 88.5 Å². The number of benzene rings is 1. The highest BCUT2D eigenvalue weighted by Gasteiger charge is 2.17. The fourth-order valence-electron chi connectivity index (χ4n) is 2.00. The van der Waals surface area contributed by atoms with Gasteiger partial charge < -0.3 is 5.32 Å². The van der Waals surface area contributed by atoms with Crippen molar-refractivity contribution in [1.82, 2.24) is 5.32 Å². The fourth-order valence-corrected chi connectivity index (χ4v) is 2.00. The molecule has 1 atom stereocenters. The number of hydrogen-bond donors (Lipinski definition) is 1. The SMILES string of the molecule is Cc1c(F)cc(C2CCCCN2)cc1F. The van der Waals surface area contributed by atoms with Crippen molar-refractivity contribution < 1.29 is 8.78 Å². The molecule has 1 N–H and O–H groups in total. The Morgan fingerprint density at radius 3 is 2.40 bits per heavy atom. The molecule has 0 spiro atoms. The highest BCUT2D eigenvalue weighted by Crippen LogP contribution is 2.25. The minimum Gasteiger partial charge on any atom is -0.310 e. The molecule has 0 radical (unpaired) electrons. The van der Waals surface area contributed by atoms with Crippen molar-refractivity contribution >= 4 is 0 Å². The van der Waals surface area contributed by atoms with E-state index in [0.717, 1.165) is 31.4 Å². The van der Waals surface area contributed by atoms with Crippen molar-refractivity contribution in [2.75, 3.05) is 6.54 Å². The van der Waals surface area contributed by atoms with Crippen LogP contribution in [-0.2, 0) is 0 Å². The number of piperidine rings is 1. The van der Waals surface area contributed by atoms with Crippen LogP contribution < -0.4 is 5.32 Å². The molecular formula is C12H15F2N. The highest BCUT2D eigenvalue weighted by molar-refractivity contribution is 5.27. The maximum Gasteiger partial charge on any atom is 0.129 e. The van der Waals surface area contributed by atoms with Gasteiger partial charge >= 0.3 is 0 Å². The third kappa shape index (κ3) is 2.17. The van der Waals surface area contributed by atoms with E-state index in [2.05, 4.69) is 5.32 Å². The quantitative estimate of drug-likeness (QED) is 0.752. The molecule has 1 nitrogen and oxygen atoms in total. The van der Waals surface area contributed by atoms with E-state index in [0.29, 0.717) is 0 Å². The van der Waals surface area contributed by atoms with Crippen LogP contribution in [0.25, 0.3) is 0 Å². The minimum atomic E-state index is -0.447. The van der Waals surface area contributed by atoms with E-state index in [4.69, 9.17) is 0 Å². The monoisotopic (exact) mass is 211 g/mol. The van der Waals surface area contributed by atoms with Crippen molar-refractivity contribution in [3.63, 3.8) is 0 Å². The molecule has 0 aliphatic carbocycles. The predicted molar refractivity (Wildman–Crippen MR) is 55.7 cm³/mol. The van der Waals surface area contributed by atoms with Gasteiger partial charge in [0.15, 0.2) is 0 Å². The van der Waals surface area contributed by atoms with E-state index < -0.39 is 11.6 Å². The molecule has 0 saturated carbocycles. The van der Waals surface area contributed by atoms with Gasteiger partial charge in [-0.15, -0.1) is 0 Å². The van der Waals surface area contributed by atoms with Gasteiger partial charge in [0, 0.05) is 11.6 Å². The summed E-state index contributed by atoms with van der Waals surface area (Å²) in [4.78, 5) is 0. The van der Waals surface area contributed by atoms with Crippen LogP contribution in [-0.4, -0.2) is 6.54 Å². The summed E-state index contributed by atoms with van der Waals surface area (Å²) >= 11 is 0. The van der Waals surface area contributed by atoms with Crippen LogP contribution in [0.4, 0.5) is 8.78 Å². The van der Waals surface area contributed by atoms with E-state index in [9.17, 15) is 8.78 Å². The Bertz CT molecular complexity index is 334. The number of rotatable bonds is 1. The second-order valence-corrected chi connectivity index (χ2v) is 4.11. The molecule has 1 aliphatic rings. The largest absolute Gasteiger partial charge is 0.310 e. The molecule has 0 aromatic heterocycles. The van der Waals surface area contributed by atoms with Crippen LogP contribution >= 0.6 is 0 Å². The molecule has 1 heterocycles. The second kappa shape index (κ2) is 4.27. The van der Waals surface area contributed by atoms with Gasteiger partial charge in [-0.25, -0.2) is 8.78 Å². The molecular weight excluding hydrogens is 196 g/mol. The number of nitrogens with one attached hydrogen (secondary N) is 1. The molecule has 3 heteroatoms. The first-order chi connectivity index (χ1) is 7.18. The normalized spacial score (nSPS) is 21.7. The van der Waals surface area contributed by atoms with E-state index in [1.807, 2.05) is 0 Å². The summed E-state index contributed by atoms with van der Waals surface area (Å²) in [7, 11) is 0. The van der Waals surface area contributed by atoms with Gasteiger partial charge in [0.2, 0.25) is 0 Å². The molecule has 1 fully saturated rings. The molecule has 0 amide bonds. The average Bonchev–Trinajstić information content (AvgIpc) is 2.26. The maximum atomic E-state index is 13.3. The Hall–Kier alpha value is -0.960. The van der Waals surface area contributed by atoms with Gasteiger partial charge in [0.05, 0.1) is 0 Å². The Morgan fingerprint density at radius 1 is 1.20 bits per heavy atom. The van der Waals surface area contributed by atoms with Gasteiger partial charge in [-0.05, 0) is 44.0 Å². The lowest BCUT2D eigenvalue weighted by Gasteiger charge is -2.24. The summed E-state index contributed by atoms with van der Waals surface area (Å²) in [5.74, 6) is -0.894. The second-order valence-electron chi connectivity index (χ2n) is 4.11. The Kier molecular flexibility index (Phi) is 3.00. The van der Waals surface area contributed by atoms with Crippen LogP contribution in [0.15, 0.2) is 12.1 Å². The molecule has 1 saturated heterocycles. The minimum absolute atomic E-state index is 0.106. The molecule has 1 aliphatic heterocycles. The van der Waals surface area contributed by atoms with Gasteiger partial charge in [0.25, 0.3) is 0 Å². The van der Waals surface area contributed by atoms with Gasteiger partial charge in [0.1, 0.15) is 11.6 Å². The highest BCUT2D eigenvalue weighted by atomic mass is 19.1. The molecule has 0 bridgehead atoms. The first-order valence-electron chi connectivity index (χ1n) is 5.37. The lowest BCUT2D eigenvalue weighted by molar-refractivity contribution is 0.408. The van der Waals surface area contributed by atoms with E-state index >= 15 is 0 Å². The third-order valence-corrected chi connectivity index (χ3v) is 3.02. The zero-order valence-corrected chi connectivity index (χ0v) is 8.82. The first-order valence-corrected chi connectivity index (χ1v) is 5.37. The summed E-state index contributed by atoms with van der Waals surface area (Å²) in [5, 5.41) is 3.28. The Balaban J connectivity index is 2.27. The summed E-state index contributed by atoms with van der Waals surface area (Å²) in [6.07, 6.45) is 3.23. The summed E-state index contributed by atoms with van der Waals surface area (Å²) in [5.41, 5.74) is 0.838. The zero-order valence-electron chi connectivity index (χ0n) is 8.82. The summed E-state index contributed by atoms with van der Waals surface area (Å²) in [6.45, 7) is 2.39. The third-order valence-electron chi connectivity index (χ3n) is 3.02. The van der Waals surface area contributed by atoms with Crippen LogP contribution in [0.2, 0.25) is 0 Å². The van der Waals surface area contributed by atoms with E-state index in [1.54, 1.807) is 0 Å². The van der Waals surface area contributed by atoms with Crippen molar-refractivity contribution in [2.24, 2.45) is 0 Å². The molecule has 1 aromatic carbocycles. The average molecular weight is 211 g/mol. The molecule has 15 heavy (non-hydrogen) atoms. The smallest absolute Gasteiger partial charge is 0.129 e.